The van der Waals surface area contributed by atoms with Crippen molar-refractivity contribution in [2.24, 2.45) is 0 Å². The van der Waals surface area contributed by atoms with E-state index in [4.69, 9.17) is 0 Å². The van der Waals surface area contributed by atoms with Gasteiger partial charge in [-0.3, -0.25) is 0 Å². The maximum Gasteiger partial charge on any atom is 0.0921 e. The fraction of sp³-hybridized carbons (Fsp3) is 0.571. The Labute approximate surface area is 99.9 Å². The normalized spacial score (nSPS) is 12.0. The van der Waals surface area contributed by atoms with E-state index in [1.165, 1.54) is 11.1 Å². The van der Waals surface area contributed by atoms with Crippen molar-refractivity contribution in [1.82, 2.24) is 4.90 Å². The first-order chi connectivity index (χ1) is 7.52. The summed E-state index contributed by atoms with van der Waals surface area (Å²) in [5.41, 5.74) is 3.40. The highest BCUT2D eigenvalue weighted by atomic mass is 16.3. The zero-order valence-electron chi connectivity index (χ0n) is 11.4. The lowest BCUT2D eigenvalue weighted by molar-refractivity contribution is 0.137. The summed E-state index contributed by atoms with van der Waals surface area (Å²) in [5, 5.41) is 10.0. The summed E-state index contributed by atoms with van der Waals surface area (Å²) in [5.74, 6) is 0. The first kappa shape index (κ1) is 15.1. The van der Waals surface area contributed by atoms with Gasteiger partial charge in [-0.1, -0.05) is 32.0 Å². The highest BCUT2D eigenvalue weighted by molar-refractivity contribution is 5.35. The van der Waals surface area contributed by atoms with Gasteiger partial charge in [0.25, 0.3) is 0 Å². The predicted octanol–water partition coefficient (Wildman–Crippen LogP) is 2.92. The topological polar surface area (TPSA) is 23.5 Å². The van der Waals surface area contributed by atoms with Crippen LogP contribution in [0.25, 0.3) is 0 Å². The van der Waals surface area contributed by atoms with E-state index in [0.717, 1.165) is 5.56 Å². The molecule has 0 aliphatic carbocycles. The molecule has 0 aromatic heterocycles. The Hall–Kier alpha value is -0.860. The van der Waals surface area contributed by atoms with Crippen LogP contribution >= 0.6 is 0 Å². The lowest BCUT2D eigenvalue weighted by atomic mass is 9.98. The molecule has 2 heteroatoms. The minimum Gasteiger partial charge on any atom is -0.387 e. The molecule has 0 radical (unpaired) electrons. The van der Waals surface area contributed by atoms with E-state index in [0.29, 0.717) is 6.54 Å². The molecular formula is C14H25NO. The molecular weight excluding hydrogens is 198 g/mol. The quantitative estimate of drug-likeness (QED) is 0.851. The molecule has 0 aliphatic heterocycles. The third-order valence-corrected chi connectivity index (χ3v) is 2.41. The minimum atomic E-state index is -0.383. The molecule has 0 saturated heterocycles. The van der Waals surface area contributed by atoms with E-state index >= 15 is 0 Å². The summed E-state index contributed by atoms with van der Waals surface area (Å²) in [4.78, 5) is 2.00. The van der Waals surface area contributed by atoms with Gasteiger partial charge >= 0.3 is 0 Å². The lowest BCUT2D eigenvalue weighted by Gasteiger charge is -2.19. The van der Waals surface area contributed by atoms with E-state index in [1.54, 1.807) is 0 Å². The van der Waals surface area contributed by atoms with Crippen LogP contribution in [0.5, 0.6) is 0 Å². The zero-order chi connectivity index (χ0) is 12.7. The second-order valence-electron chi connectivity index (χ2n) is 4.08. The van der Waals surface area contributed by atoms with Crippen molar-refractivity contribution in [3.05, 3.63) is 34.9 Å². The predicted molar refractivity (Wildman–Crippen MR) is 70.8 cm³/mol. The van der Waals surface area contributed by atoms with Gasteiger partial charge in [0.05, 0.1) is 6.10 Å². The second kappa shape index (κ2) is 7.42. The second-order valence-corrected chi connectivity index (χ2v) is 4.08. The number of hydrogen-bond acceptors (Lipinski definition) is 2. The summed E-state index contributed by atoms with van der Waals surface area (Å²) >= 11 is 0. The van der Waals surface area contributed by atoms with Crippen molar-refractivity contribution in [3.8, 4) is 0 Å². The fourth-order valence-electron chi connectivity index (χ4n) is 1.79. The van der Waals surface area contributed by atoms with Gasteiger partial charge in [0, 0.05) is 6.54 Å². The molecule has 0 spiro atoms. The van der Waals surface area contributed by atoms with Gasteiger partial charge in [0.2, 0.25) is 0 Å². The number of benzene rings is 1. The molecule has 0 saturated carbocycles. The van der Waals surface area contributed by atoms with E-state index in [1.807, 2.05) is 64.9 Å². The smallest absolute Gasteiger partial charge is 0.0921 e. The van der Waals surface area contributed by atoms with Crippen LogP contribution in [0.1, 0.15) is 36.6 Å². The largest absolute Gasteiger partial charge is 0.387 e. The van der Waals surface area contributed by atoms with Gasteiger partial charge in [-0.25, -0.2) is 0 Å². The maximum atomic E-state index is 10.0. The Balaban J connectivity index is 0.00000106. The van der Waals surface area contributed by atoms with Crippen molar-refractivity contribution in [2.75, 3.05) is 20.6 Å². The van der Waals surface area contributed by atoms with Crippen molar-refractivity contribution in [3.63, 3.8) is 0 Å². The number of aryl methyl sites for hydroxylation is 2. The van der Waals surface area contributed by atoms with Crippen LogP contribution in [-0.2, 0) is 0 Å². The molecule has 1 rings (SSSR count). The van der Waals surface area contributed by atoms with Crippen LogP contribution in [0.3, 0.4) is 0 Å². The molecule has 92 valence electrons. The summed E-state index contributed by atoms with van der Waals surface area (Å²) in [6, 6.07) is 6.11. The Bertz CT molecular complexity index is 287. The molecule has 1 N–H and O–H groups in total. The van der Waals surface area contributed by atoms with E-state index in [9.17, 15) is 5.11 Å². The highest BCUT2D eigenvalue weighted by Crippen LogP contribution is 2.21. The molecule has 0 heterocycles. The Morgan fingerprint density at radius 1 is 1.12 bits per heavy atom. The first-order valence-electron chi connectivity index (χ1n) is 5.91. The van der Waals surface area contributed by atoms with Crippen molar-refractivity contribution < 1.29 is 5.11 Å². The SMILES string of the molecule is CC.Cc1cccc(C)c1C(O)CN(C)C. The summed E-state index contributed by atoms with van der Waals surface area (Å²) in [7, 11) is 3.94. The van der Waals surface area contributed by atoms with E-state index < -0.39 is 0 Å². The monoisotopic (exact) mass is 223 g/mol. The van der Waals surface area contributed by atoms with Gasteiger partial charge in [0.1, 0.15) is 0 Å². The third kappa shape index (κ3) is 4.33. The van der Waals surface area contributed by atoms with Gasteiger partial charge in [0.15, 0.2) is 0 Å². The third-order valence-electron chi connectivity index (χ3n) is 2.41. The first-order valence-corrected chi connectivity index (χ1v) is 5.91. The van der Waals surface area contributed by atoms with Crippen LogP contribution in [0.2, 0.25) is 0 Å². The van der Waals surface area contributed by atoms with Crippen LogP contribution in [-0.4, -0.2) is 30.6 Å². The van der Waals surface area contributed by atoms with Crippen LogP contribution in [0, 0.1) is 13.8 Å². The Morgan fingerprint density at radius 3 is 1.94 bits per heavy atom. The Kier molecular flexibility index (Phi) is 7.02. The molecule has 0 bridgehead atoms. The lowest BCUT2D eigenvalue weighted by Crippen LogP contribution is -2.21. The average molecular weight is 223 g/mol. The summed E-state index contributed by atoms with van der Waals surface area (Å²) < 4.78 is 0. The number of hydrogen-bond donors (Lipinski definition) is 1. The molecule has 0 amide bonds. The molecule has 2 nitrogen and oxygen atoms in total. The van der Waals surface area contributed by atoms with Gasteiger partial charge in [-0.2, -0.15) is 0 Å². The maximum absolute atomic E-state index is 10.0. The molecule has 1 aromatic carbocycles. The van der Waals surface area contributed by atoms with Crippen molar-refractivity contribution >= 4 is 0 Å². The molecule has 1 atom stereocenters. The fourth-order valence-corrected chi connectivity index (χ4v) is 1.79. The number of aliphatic hydroxyl groups excluding tert-OH is 1. The van der Waals surface area contributed by atoms with E-state index in [-0.39, 0.29) is 6.10 Å². The molecule has 0 aliphatic rings. The number of rotatable bonds is 3. The van der Waals surface area contributed by atoms with Gasteiger partial charge < -0.3 is 10.0 Å². The molecule has 1 aromatic rings. The molecule has 16 heavy (non-hydrogen) atoms. The number of aliphatic hydroxyl groups is 1. The summed E-state index contributed by atoms with van der Waals surface area (Å²) in [6.07, 6.45) is -0.383. The minimum absolute atomic E-state index is 0.383. The summed E-state index contributed by atoms with van der Waals surface area (Å²) in [6.45, 7) is 8.76. The zero-order valence-corrected chi connectivity index (χ0v) is 11.4. The number of nitrogens with zero attached hydrogens (tertiary/aromatic N) is 1. The Morgan fingerprint density at radius 2 is 1.56 bits per heavy atom. The molecule has 0 fully saturated rings. The van der Waals surface area contributed by atoms with Crippen molar-refractivity contribution in [2.45, 2.75) is 33.8 Å². The average Bonchev–Trinajstić information content (AvgIpc) is 2.19. The number of likely N-dealkylation sites (N-methyl/N-ethyl adjacent to an activating group) is 1. The van der Waals surface area contributed by atoms with Gasteiger partial charge in [-0.15, -0.1) is 0 Å². The molecule has 1 unspecified atom stereocenters. The van der Waals surface area contributed by atoms with Crippen LogP contribution < -0.4 is 0 Å². The van der Waals surface area contributed by atoms with Crippen molar-refractivity contribution in [1.29, 1.82) is 0 Å². The highest BCUT2D eigenvalue weighted by Gasteiger charge is 2.13. The van der Waals surface area contributed by atoms with E-state index in [2.05, 4.69) is 0 Å². The van der Waals surface area contributed by atoms with Crippen LogP contribution in [0.4, 0.5) is 0 Å². The van der Waals surface area contributed by atoms with Crippen LogP contribution in [0.15, 0.2) is 18.2 Å². The van der Waals surface area contributed by atoms with Gasteiger partial charge in [-0.05, 0) is 44.6 Å². The standard InChI is InChI=1S/C12H19NO.C2H6/c1-9-6-5-7-10(2)12(9)11(14)8-13(3)4;1-2/h5-7,11,14H,8H2,1-4H3;1-2H3.